The van der Waals surface area contributed by atoms with Gasteiger partial charge in [0.1, 0.15) is 0 Å². The summed E-state index contributed by atoms with van der Waals surface area (Å²) in [5.41, 5.74) is 5.89. The van der Waals surface area contributed by atoms with Crippen LogP contribution in [0, 0.1) is 11.3 Å². The molecule has 1 rings (SSSR count). The zero-order chi connectivity index (χ0) is 13.8. The number of nitrogens with two attached hydrogens (primary N) is 1. The fourth-order valence-corrected chi connectivity index (χ4v) is 2.77. The van der Waals surface area contributed by atoms with Gasteiger partial charge in [-0.2, -0.15) is 0 Å². The molecule has 0 amide bonds. The van der Waals surface area contributed by atoms with Crippen molar-refractivity contribution in [1.82, 2.24) is 0 Å². The number of carboxylic acids is 1. The Balaban J connectivity index is 2.47. The van der Waals surface area contributed by atoms with Gasteiger partial charge >= 0.3 is 5.97 Å². The van der Waals surface area contributed by atoms with Crippen molar-refractivity contribution >= 4 is 5.97 Å². The average Bonchev–Trinajstić information content (AvgIpc) is 2.28. The van der Waals surface area contributed by atoms with Crippen LogP contribution in [-0.4, -0.2) is 29.8 Å². The van der Waals surface area contributed by atoms with Gasteiger partial charge in [0.05, 0.1) is 18.6 Å². The van der Waals surface area contributed by atoms with Crippen LogP contribution in [0.15, 0.2) is 0 Å². The summed E-state index contributed by atoms with van der Waals surface area (Å²) in [5.74, 6) is -0.106. The molecule has 0 aromatic heterocycles. The van der Waals surface area contributed by atoms with Crippen molar-refractivity contribution in [1.29, 1.82) is 0 Å². The van der Waals surface area contributed by atoms with Gasteiger partial charge in [0.25, 0.3) is 0 Å². The van der Waals surface area contributed by atoms with Crippen molar-refractivity contribution in [2.45, 2.75) is 58.5 Å². The molecule has 4 heteroatoms. The smallest absolute Gasteiger partial charge is 0.305 e. The van der Waals surface area contributed by atoms with Crippen molar-refractivity contribution in [2.24, 2.45) is 17.1 Å². The Labute approximate surface area is 110 Å². The summed E-state index contributed by atoms with van der Waals surface area (Å²) in [7, 11) is 0. The maximum Gasteiger partial charge on any atom is 0.305 e. The number of hydrogen-bond donors (Lipinski definition) is 2. The number of rotatable bonds is 5. The molecule has 0 aromatic carbocycles. The van der Waals surface area contributed by atoms with Crippen molar-refractivity contribution in [2.75, 3.05) is 13.2 Å². The predicted molar refractivity (Wildman–Crippen MR) is 71.4 cm³/mol. The van der Waals surface area contributed by atoms with Crippen molar-refractivity contribution in [3.8, 4) is 0 Å². The zero-order valence-corrected chi connectivity index (χ0v) is 11.9. The van der Waals surface area contributed by atoms with Gasteiger partial charge in [-0.05, 0) is 37.0 Å². The van der Waals surface area contributed by atoms with Gasteiger partial charge in [-0.25, -0.2) is 0 Å². The first-order valence-electron chi connectivity index (χ1n) is 6.85. The minimum atomic E-state index is -0.814. The number of carbonyl (C=O) groups is 1. The lowest BCUT2D eigenvalue weighted by Gasteiger charge is -2.43. The second-order valence-electron chi connectivity index (χ2n) is 6.52. The van der Waals surface area contributed by atoms with Crippen LogP contribution in [0.2, 0.25) is 0 Å². The monoisotopic (exact) mass is 257 g/mol. The lowest BCUT2D eigenvalue weighted by atomic mass is 9.68. The summed E-state index contributed by atoms with van der Waals surface area (Å²) >= 11 is 0. The highest BCUT2D eigenvalue weighted by Crippen LogP contribution is 2.42. The van der Waals surface area contributed by atoms with E-state index in [1.165, 1.54) is 0 Å². The third kappa shape index (κ3) is 4.25. The zero-order valence-electron chi connectivity index (χ0n) is 11.9. The van der Waals surface area contributed by atoms with E-state index in [4.69, 9.17) is 15.6 Å². The van der Waals surface area contributed by atoms with Crippen LogP contribution in [0.25, 0.3) is 0 Å². The molecule has 0 unspecified atom stereocenters. The molecule has 106 valence electrons. The molecule has 0 spiro atoms. The molecule has 0 saturated heterocycles. The number of ether oxygens (including phenoxy) is 1. The van der Waals surface area contributed by atoms with Crippen LogP contribution in [-0.2, 0) is 9.53 Å². The van der Waals surface area contributed by atoms with E-state index >= 15 is 0 Å². The minimum Gasteiger partial charge on any atom is -0.481 e. The highest BCUT2D eigenvalue weighted by molar-refractivity contribution is 5.66. The second kappa shape index (κ2) is 6.02. The molecule has 0 aliphatic heterocycles. The molecule has 0 radical (unpaired) electrons. The van der Waals surface area contributed by atoms with Crippen LogP contribution < -0.4 is 5.73 Å². The van der Waals surface area contributed by atoms with Crippen molar-refractivity contribution in [3.05, 3.63) is 0 Å². The van der Waals surface area contributed by atoms with E-state index in [1.807, 2.05) is 0 Å². The lowest BCUT2D eigenvalue weighted by molar-refractivity contribution is -0.141. The first kappa shape index (κ1) is 15.4. The molecule has 1 aliphatic carbocycles. The fraction of sp³-hybridized carbons (Fsp3) is 0.929. The molecule has 18 heavy (non-hydrogen) atoms. The highest BCUT2D eigenvalue weighted by atomic mass is 16.5. The standard InChI is InChI=1S/C14H27NO3/c1-13(2,3)11-4-7-14(10-15,8-5-11)18-9-6-12(16)17/h11H,4-10,15H2,1-3H3,(H,16,17). The van der Waals surface area contributed by atoms with E-state index < -0.39 is 5.97 Å². The molecule has 0 bridgehead atoms. The molecular formula is C14H27NO3. The van der Waals surface area contributed by atoms with Crippen LogP contribution in [0.5, 0.6) is 0 Å². The fourth-order valence-electron chi connectivity index (χ4n) is 2.77. The quantitative estimate of drug-likeness (QED) is 0.793. The van der Waals surface area contributed by atoms with Crippen LogP contribution >= 0.6 is 0 Å². The molecule has 3 N–H and O–H groups in total. The molecule has 1 fully saturated rings. The predicted octanol–water partition coefficient (Wildman–Crippen LogP) is 2.41. The molecule has 0 aromatic rings. The van der Waals surface area contributed by atoms with E-state index in [-0.39, 0.29) is 18.6 Å². The topological polar surface area (TPSA) is 72.5 Å². The van der Waals surface area contributed by atoms with Gasteiger partial charge in [-0.1, -0.05) is 20.8 Å². The van der Waals surface area contributed by atoms with Crippen LogP contribution in [0.4, 0.5) is 0 Å². The van der Waals surface area contributed by atoms with Crippen molar-refractivity contribution in [3.63, 3.8) is 0 Å². The Hall–Kier alpha value is -0.610. The molecule has 1 saturated carbocycles. The Morgan fingerprint density at radius 3 is 2.33 bits per heavy atom. The van der Waals surface area contributed by atoms with Gasteiger partial charge in [-0.15, -0.1) is 0 Å². The van der Waals surface area contributed by atoms with E-state index in [9.17, 15) is 4.79 Å². The van der Waals surface area contributed by atoms with E-state index in [1.54, 1.807) is 0 Å². The van der Waals surface area contributed by atoms with Gasteiger partial charge in [0, 0.05) is 6.54 Å². The summed E-state index contributed by atoms with van der Waals surface area (Å²) in [6.45, 7) is 7.59. The van der Waals surface area contributed by atoms with E-state index in [0.29, 0.717) is 17.9 Å². The molecule has 4 nitrogen and oxygen atoms in total. The van der Waals surface area contributed by atoms with Crippen LogP contribution in [0.1, 0.15) is 52.9 Å². The Kier molecular flexibility index (Phi) is 5.17. The molecular weight excluding hydrogens is 230 g/mol. The Morgan fingerprint density at radius 1 is 1.39 bits per heavy atom. The number of carboxylic acid groups (broad SMARTS) is 1. The Morgan fingerprint density at radius 2 is 1.94 bits per heavy atom. The van der Waals surface area contributed by atoms with Crippen LogP contribution in [0.3, 0.4) is 0 Å². The summed E-state index contributed by atoms with van der Waals surface area (Å²) in [4.78, 5) is 10.5. The molecule has 1 aliphatic rings. The number of hydrogen-bond acceptors (Lipinski definition) is 3. The number of aliphatic carboxylic acids is 1. The highest BCUT2D eigenvalue weighted by Gasteiger charge is 2.38. The first-order valence-corrected chi connectivity index (χ1v) is 6.85. The maximum atomic E-state index is 10.5. The molecule has 0 atom stereocenters. The maximum absolute atomic E-state index is 10.5. The summed E-state index contributed by atoms with van der Waals surface area (Å²) in [6.07, 6.45) is 4.20. The normalized spacial score (nSPS) is 29.2. The van der Waals surface area contributed by atoms with Gasteiger partial charge in [0.15, 0.2) is 0 Å². The van der Waals surface area contributed by atoms with Gasteiger partial charge in [-0.3, -0.25) is 4.79 Å². The van der Waals surface area contributed by atoms with Gasteiger partial charge in [0.2, 0.25) is 0 Å². The lowest BCUT2D eigenvalue weighted by Crippen LogP contribution is -2.45. The molecule has 0 heterocycles. The third-order valence-corrected chi connectivity index (χ3v) is 4.22. The average molecular weight is 257 g/mol. The van der Waals surface area contributed by atoms with E-state index in [2.05, 4.69) is 20.8 Å². The van der Waals surface area contributed by atoms with Gasteiger partial charge < -0.3 is 15.6 Å². The van der Waals surface area contributed by atoms with E-state index in [0.717, 1.165) is 25.7 Å². The Bertz CT molecular complexity index is 275. The SMILES string of the molecule is CC(C)(C)C1CCC(CN)(OCCC(=O)O)CC1. The van der Waals surface area contributed by atoms with Crippen molar-refractivity contribution < 1.29 is 14.6 Å². The second-order valence-corrected chi connectivity index (χ2v) is 6.52. The third-order valence-electron chi connectivity index (χ3n) is 4.22. The minimum absolute atomic E-state index is 0.0600. The summed E-state index contributed by atoms with van der Waals surface area (Å²) < 4.78 is 5.79. The first-order chi connectivity index (χ1) is 8.29. The summed E-state index contributed by atoms with van der Waals surface area (Å²) in [5, 5.41) is 8.64. The summed E-state index contributed by atoms with van der Waals surface area (Å²) in [6, 6.07) is 0. The largest absolute Gasteiger partial charge is 0.481 e.